The summed E-state index contributed by atoms with van der Waals surface area (Å²) in [5.41, 5.74) is 0.291. The van der Waals surface area contributed by atoms with Crippen molar-refractivity contribution < 1.29 is 14.1 Å². The van der Waals surface area contributed by atoms with Gasteiger partial charge >= 0.3 is 0 Å². The highest BCUT2D eigenvalue weighted by Gasteiger charge is 2.53. The molecule has 134 valence electrons. The van der Waals surface area contributed by atoms with E-state index < -0.39 is 5.41 Å². The SMILES string of the molecule is O=C(NCCCN1CCOCC1)C1(c2cc(-c3cccs3)on2)CC1. The van der Waals surface area contributed by atoms with Crippen LogP contribution < -0.4 is 5.32 Å². The highest BCUT2D eigenvalue weighted by molar-refractivity contribution is 7.13. The van der Waals surface area contributed by atoms with Gasteiger partial charge < -0.3 is 14.6 Å². The number of nitrogens with one attached hydrogen (secondary N) is 1. The lowest BCUT2D eigenvalue weighted by atomic mass is 10.0. The van der Waals surface area contributed by atoms with E-state index >= 15 is 0 Å². The molecular formula is C18H23N3O3S. The maximum absolute atomic E-state index is 12.7. The number of amides is 1. The summed E-state index contributed by atoms with van der Waals surface area (Å²) >= 11 is 1.61. The summed E-state index contributed by atoms with van der Waals surface area (Å²) in [7, 11) is 0. The fourth-order valence-electron chi connectivity index (χ4n) is 3.26. The molecule has 4 rings (SSSR count). The second-order valence-corrected chi connectivity index (χ2v) is 7.65. The number of aromatic nitrogens is 1. The number of thiophene rings is 1. The number of ether oxygens (including phenoxy) is 1. The Morgan fingerprint density at radius 3 is 2.92 bits per heavy atom. The Morgan fingerprint density at radius 1 is 1.36 bits per heavy atom. The van der Waals surface area contributed by atoms with Crippen molar-refractivity contribution in [2.75, 3.05) is 39.4 Å². The minimum atomic E-state index is -0.474. The van der Waals surface area contributed by atoms with Crippen LogP contribution in [0, 0.1) is 0 Å². The molecule has 2 fully saturated rings. The molecule has 2 aliphatic rings. The molecule has 2 aromatic heterocycles. The van der Waals surface area contributed by atoms with Gasteiger partial charge in [0, 0.05) is 25.7 Å². The topological polar surface area (TPSA) is 67.6 Å². The fourth-order valence-corrected chi connectivity index (χ4v) is 3.93. The van der Waals surface area contributed by atoms with E-state index in [4.69, 9.17) is 9.26 Å². The van der Waals surface area contributed by atoms with Gasteiger partial charge in [0.05, 0.1) is 29.2 Å². The van der Waals surface area contributed by atoms with Crippen molar-refractivity contribution in [1.82, 2.24) is 15.4 Å². The van der Waals surface area contributed by atoms with E-state index in [1.165, 1.54) is 0 Å². The summed E-state index contributed by atoms with van der Waals surface area (Å²) in [5.74, 6) is 0.830. The van der Waals surface area contributed by atoms with Gasteiger partial charge in [-0.3, -0.25) is 9.69 Å². The van der Waals surface area contributed by atoms with Gasteiger partial charge in [0.15, 0.2) is 5.76 Å². The Morgan fingerprint density at radius 2 is 2.20 bits per heavy atom. The summed E-state index contributed by atoms with van der Waals surface area (Å²) in [6.45, 7) is 5.31. The third-order valence-corrected chi connectivity index (χ3v) is 5.87. The van der Waals surface area contributed by atoms with Gasteiger partial charge in [0.25, 0.3) is 0 Å². The van der Waals surface area contributed by atoms with Crippen molar-refractivity contribution in [3.8, 4) is 10.6 Å². The van der Waals surface area contributed by atoms with Crippen molar-refractivity contribution in [2.24, 2.45) is 0 Å². The Labute approximate surface area is 151 Å². The molecule has 1 aliphatic carbocycles. The average molecular weight is 361 g/mol. The number of hydrogen-bond acceptors (Lipinski definition) is 6. The van der Waals surface area contributed by atoms with Crippen LogP contribution in [-0.2, 0) is 14.9 Å². The van der Waals surface area contributed by atoms with Crippen LogP contribution in [-0.4, -0.2) is 55.4 Å². The number of morpholine rings is 1. The molecule has 0 bridgehead atoms. The summed E-state index contributed by atoms with van der Waals surface area (Å²) in [6.07, 6.45) is 2.65. The molecule has 7 heteroatoms. The van der Waals surface area contributed by atoms with E-state index in [1.807, 2.05) is 23.6 Å². The average Bonchev–Trinajstić information content (AvgIpc) is 3.06. The van der Waals surface area contributed by atoms with Gasteiger partial charge in [-0.05, 0) is 37.3 Å². The van der Waals surface area contributed by atoms with Crippen LogP contribution in [0.4, 0.5) is 0 Å². The van der Waals surface area contributed by atoms with Gasteiger partial charge in [-0.15, -0.1) is 11.3 Å². The minimum Gasteiger partial charge on any atom is -0.379 e. The number of nitrogens with zero attached hydrogens (tertiary/aromatic N) is 2. The summed E-state index contributed by atoms with van der Waals surface area (Å²) in [4.78, 5) is 16.1. The molecule has 1 amide bonds. The first-order valence-electron chi connectivity index (χ1n) is 8.87. The molecule has 1 aliphatic heterocycles. The van der Waals surface area contributed by atoms with Crippen LogP contribution in [0.25, 0.3) is 10.6 Å². The smallest absolute Gasteiger partial charge is 0.232 e. The van der Waals surface area contributed by atoms with E-state index in [-0.39, 0.29) is 5.91 Å². The zero-order chi connectivity index (χ0) is 17.1. The quantitative estimate of drug-likeness (QED) is 0.767. The zero-order valence-corrected chi connectivity index (χ0v) is 15.0. The first kappa shape index (κ1) is 16.8. The number of rotatable bonds is 7. The van der Waals surface area contributed by atoms with Gasteiger partial charge in [0.1, 0.15) is 0 Å². The second-order valence-electron chi connectivity index (χ2n) is 6.70. The summed E-state index contributed by atoms with van der Waals surface area (Å²) in [5, 5.41) is 9.27. The number of carbonyl (C=O) groups excluding carboxylic acids is 1. The van der Waals surface area contributed by atoms with Gasteiger partial charge in [-0.2, -0.15) is 0 Å². The van der Waals surface area contributed by atoms with Crippen molar-refractivity contribution in [1.29, 1.82) is 0 Å². The van der Waals surface area contributed by atoms with Crippen molar-refractivity contribution >= 4 is 17.2 Å². The van der Waals surface area contributed by atoms with Crippen molar-refractivity contribution in [3.63, 3.8) is 0 Å². The molecule has 25 heavy (non-hydrogen) atoms. The lowest BCUT2D eigenvalue weighted by Crippen LogP contribution is -2.39. The van der Waals surface area contributed by atoms with Gasteiger partial charge in [-0.25, -0.2) is 0 Å². The largest absolute Gasteiger partial charge is 0.379 e. The molecule has 0 aromatic carbocycles. The normalized spacial score (nSPS) is 19.7. The van der Waals surface area contributed by atoms with Crippen LogP contribution in [0.2, 0.25) is 0 Å². The standard InChI is InChI=1S/C18H23N3O3S/c22-17(19-6-2-7-21-8-10-23-11-9-21)18(4-5-18)16-13-14(24-20-16)15-3-1-12-25-15/h1,3,12-13H,2,4-11H2,(H,19,22). The molecule has 0 atom stereocenters. The highest BCUT2D eigenvalue weighted by atomic mass is 32.1. The molecule has 0 unspecified atom stereocenters. The van der Waals surface area contributed by atoms with Crippen LogP contribution in [0.5, 0.6) is 0 Å². The third kappa shape index (κ3) is 3.63. The van der Waals surface area contributed by atoms with Crippen LogP contribution in [0.15, 0.2) is 28.1 Å². The predicted octanol–water partition coefficient (Wildman–Crippen LogP) is 2.27. The van der Waals surface area contributed by atoms with Crippen molar-refractivity contribution in [2.45, 2.75) is 24.7 Å². The fraction of sp³-hybridized carbons (Fsp3) is 0.556. The first-order valence-corrected chi connectivity index (χ1v) is 9.75. The van der Waals surface area contributed by atoms with E-state index in [0.29, 0.717) is 6.54 Å². The Kier molecular flexibility index (Phi) is 4.87. The first-order chi connectivity index (χ1) is 12.3. The number of carbonyl (C=O) groups is 1. The Balaban J connectivity index is 1.29. The molecular weight excluding hydrogens is 338 g/mol. The lowest BCUT2D eigenvalue weighted by Gasteiger charge is -2.26. The maximum Gasteiger partial charge on any atom is 0.232 e. The molecule has 0 radical (unpaired) electrons. The van der Waals surface area contributed by atoms with Crippen molar-refractivity contribution in [3.05, 3.63) is 29.3 Å². The van der Waals surface area contributed by atoms with Crippen LogP contribution in [0.1, 0.15) is 25.0 Å². The maximum atomic E-state index is 12.7. The minimum absolute atomic E-state index is 0.0838. The number of hydrogen-bond donors (Lipinski definition) is 1. The molecule has 1 saturated carbocycles. The Hall–Kier alpha value is -1.70. The second kappa shape index (κ2) is 7.27. The van der Waals surface area contributed by atoms with Gasteiger partial charge in [0.2, 0.25) is 5.91 Å². The van der Waals surface area contributed by atoms with Gasteiger partial charge in [-0.1, -0.05) is 11.2 Å². The van der Waals surface area contributed by atoms with E-state index in [2.05, 4.69) is 15.4 Å². The summed E-state index contributed by atoms with van der Waals surface area (Å²) < 4.78 is 10.8. The lowest BCUT2D eigenvalue weighted by molar-refractivity contribution is -0.123. The monoisotopic (exact) mass is 361 g/mol. The molecule has 1 saturated heterocycles. The van der Waals surface area contributed by atoms with E-state index in [1.54, 1.807) is 11.3 Å². The molecule has 0 spiro atoms. The predicted molar refractivity (Wildman–Crippen MR) is 95.6 cm³/mol. The molecule has 2 aromatic rings. The van der Waals surface area contributed by atoms with Crippen LogP contribution >= 0.6 is 11.3 Å². The van der Waals surface area contributed by atoms with E-state index in [9.17, 15) is 4.79 Å². The van der Waals surface area contributed by atoms with Crippen LogP contribution in [0.3, 0.4) is 0 Å². The summed E-state index contributed by atoms with van der Waals surface area (Å²) in [6, 6.07) is 5.91. The Bertz CT molecular complexity index is 703. The molecule has 1 N–H and O–H groups in total. The third-order valence-electron chi connectivity index (χ3n) is 4.99. The molecule has 3 heterocycles. The zero-order valence-electron chi connectivity index (χ0n) is 14.2. The van der Waals surface area contributed by atoms with E-state index in [0.717, 1.165) is 68.4 Å². The highest BCUT2D eigenvalue weighted by Crippen LogP contribution is 2.48. The molecule has 6 nitrogen and oxygen atoms in total.